The Labute approximate surface area is 234 Å². The van der Waals surface area contributed by atoms with E-state index in [-0.39, 0.29) is 16.9 Å². The minimum atomic E-state index is -0.692. The Balaban J connectivity index is 1.50. The standard InChI is InChI=1S/C30H25N9O2/c1-18-8-4-5-11-23(18)39-27(19(2)34-29(40)25-26(31)36-38-15-7-14-32-28(25)38)35-22-10-6-9-21(24(22)30(39)41)13-12-20-16-33-37(3)17-20/h4-11,14-17,19H,1-3H3,(H2,31,36)(H,34,40)/t19-/m1/s1. The van der Waals surface area contributed by atoms with Gasteiger partial charge < -0.3 is 11.1 Å². The fraction of sp³-hybridized carbons (Fsp3) is 0.133. The highest BCUT2D eigenvalue weighted by atomic mass is 16.2. The van der Waals surface area contributed by atoms with Crippen LogP contribution in [0.5, 0.6) is 0 Å². The number of benzene rings is 2. The fourth-order valence-corrected chi connectivity index (χ4v) is 4.77. The van der Waals surface area contributed by atoms with Crippen LogP contribution in [0.2, 0.25) is 0 Å². The molecule has 4 heterocycles. The molecule has 0 aliphatic rings. The van der Waals surface area contributed by atoms with Crippen molar-refractivity contribution in [3.63, 3.8) is 0 Å². The maximum absolute atomic E-state index is 14.3. The first-order valence-electron chi connectivity index (χ1n) is 12.8. The molecule has 1 amide bonds. The zero-order valence-corrected chi connectivity index (χ0v) is 22.5. The number of para-hydroxylation sites is 1. The van der Waals surface area contributed by atoms with Crippen molar-refractivity contribution in [3.8, 4) is 17.5 Å². The van der Waals surface area contributed by atoms with Crippen molar-refractivity contribution in [2.24, 2.45) is 7.05 Å². The van der Waals surface area contributed by atoms with Crippen LogP contribution in [0.25, 0.3) is 22.2 Å². The van der Waals surface area contributed by atoms with Crippen LogP contribution >= 0.6 is 0 Å². The second-order valence-electron chi connectivity index (χ2n) is 9.59. The van der Waals surface area contributed by atoms with Gasteiger partial charge in [-0.2, -0.15) is 5.10 Å². The minimum Gasteiger partial charge on any atom is -0.381 e. The Morgan fingerprint density at radius 2 is 1.93 bits per heavy atom. The van der Waals surface area contributed by atoms with Gasteiger partial charge in [-0.15, -0.1) is 5.10 Å². The highest BCUT2D eigenvalue weighted by Gasteiger charge is 2.25. The normalized spacial score (nSPS) is 11.8. The summed E-state index contributed by atoms with van der Waals surface area (Å²) in [6.45, 7) is 3.68. The molecular formula is C30H25N9O2. The first-order chi connectivity index (χ1) is 19.8. The zero-order chi connectivity index (χ0) is 28.7. The summed E-state index contributed by atoms with van der Waals surface area (Å²) < 4.78 is 4.65. The van der Waals surface area contributed by atoms with Gasteiger partial charge in [-0.3, -0.25) is 18.8 Å². The van der Waals surface area contributed by atoms with Crippen LogP contribution in [-0.4, -0.2) is 39.8 Å². The van der Waals surface area contributed by atoms with E-state index in [1.165, 1.54) is 9.08 Å². The molecule has 1 atom stereocenters. The SMILES string of the molecule is Cc1ccccc1-n1c([C@@H](C)NC(=O)c2c(N)nn3cccnc23)nc2cccc(C#Cc3cnn(C)c3)c2c1=O. The van der Waals surface area contributed by atoms with E-state index < -0.39 is 11.9 Å². The third-order valence-corrected chi connectivity index (χ3v) is 6.71. The van der Waals surface area contributed by atoms with Crippen molar-refractivity contribution >= 4 is 28.3 Å². The summed E-state index contributed by atoms with van der Waals surface area (Å²) in [5, 5.41) is 11.7. The van der Waals surface area contributed by atoms with Crippen LogP contribution in [-0.2, 0) is 7.05 Å². The number of aryl methyl sites for hydroxylation is 2. The number of carbonyl (C=O) groups excluding carboxylic acids is 1. The minimum absolute atomic E-state index is 0.0491. The molecule has 0 radical (unpaired) electrons. The predicted molar refractivity (Wildman–Crippen MR) is 155 cm³/mol. The first-order valence-corrected chi connectivity index (χ1v) is 12.8. The highest BCUT2D eigenvalue weighted by molar-refractivity contribution is 6.04. The number of nitrogens with zero attached hydrogens (tertiary/aromatic N) is 7. The number of hydrogen-bond donors (Lipinski definition) is 2. The number of nitrogens with one attached hydrogen (secondary N) is 1. The van der Waals surface area contributed by atoms with Gasteiger partial charge in [0.2, 0.25) is 0 Å². The molecule has 41 heavy (non-hydrogen) atoms. The van der Waals surface area contributed by atoms with Gasteiger partial charge in [0, 0.05) is 31.2 Å². The molecule has 0 aliphatic carbocycles. The summed E-state index contributed by atoms with van der Waals surface area (Å²) >= 11 is 0. The van der Waals surface area contributed by atoms with E-state index in [1.54, 1.807) is 60.7 Å². The van der Waals surface area contributed by atoms with Crippen molar-refractivity contribution < 1.29 is 4.79 Å². The molecular weight excluding hydrogens is 518 g/mol. The number of nitrogen functional groups attached to an aromatic ring is 1. The summed E-state index contributed by atoms with van der Waals surface area (Å²) in [6, 6.07) is 13.9. The third-order valence-electron chi connectivity index (χ3n) is 6.71. The van der Waals surface area contributed by atoms with E-state index in [1.807, 2.05) is 38.2 Å². The maximum Gasteiger partial charge on any atom is 0.267 e. The molecule has 6 rings (SSSR count). The maximum atomic E-state index is 14.3. The molecule has 11 heteroatoms. The lowest BCUT2D eigenvalue weighted by Crippen LogP contribution is -2.34. The van der Waals surface area contributed by atoms with Crippen molar-refractivity contribution in [3.05, 3.63) is 112 Å². The van der Waals surface area contributed by atoms with Crippen LogP contribution < -0.4 is 16.6 Å². The van der Waals surface area contributed by atoms with Crippen molar-refractivity contribution in [2.75, 3.05) is 5.73 Å². The monoisotopic (exact) mass is 543 g/mol. The van der Waals surface area contributed by atoms with E-state index in [9.17, 15) is 9.59 Å². The number of carbonyl (C=O) groups is 1. The van der Waals surface area contributed by atoms with Crippen LogP contribution in [0.3, 0.4) is 0 Å². The van der Waals surface area contributed by atoms with Gasteiger partial charge in [0.1, 0.15) is 11.4 Å². The van der Waals surface area contributed by atoms with Gasteiger partial charge in [0.15, 0.2) is 11.5 Å². The van der Waals surface area contributed by atoms with Gasteiger partial charge >= 0.3 is 0 Å². The second-order valence-corrected chi connectivity index (χ2v) is 9.59. The van der Waals surface area contributed by atoms with Gasteiger partial charge in [-0.05, 0) is 43.7 Å². The Hall–Kier alpha value is -5.76. The fourth-order valence-electron chi connectivity index (χ4n) is 4.77. The Morgan fingerprint density at radius 3 is 2.71 bits per heavy atom. The lowest BCUT2D eigenvalue weighted by atomic mass is 10.1. The van der Waals surface area contributed by atoms with Gasteiger partial charge in [-0.25, -0.2) is 14.5 Å². The molecule has 2 aromatic carbocycles. The highest BCUT2D eigenvalue weighted by Crippen LogP contribution is 2.23. The molecule has 0 bridgehead atoms. The van der Waals surface area contributed by atoms with E-state index in [4.69, 9.17) is 10.7 Å². The molecule has 0 saturated heterocycles. The summed E-state index contributed by atoms with van der Waals surface area (Å²) in [4.78, 5) is 36.9. The number of hydrogen-bond acceptors (Lipinski definition) is 7. The van der Waals surface area contributed by atoms with Crippen LogP contribution in [0.15, 0.2) is 78.1 Å². The average molecular weight is 544 g/mol. The number of amides is 1. The van der Waals surface area contributed by atoms with E-state index >= 15 is 0 Å². The summed E-state index contributed by atoms with van der Waals surface area (Å²) in [6.07, 6.45) is 6.69. The third kappa shape index (κ3) is 4.57. The molecule has 11 nitrogen and oxygen atoms in total. The number of anilines is 1. The summed E-state index contributed by atoms with van der Waals surface area (Å²) in [5.41, 5.74) is 9.50. The zero-order valence-electron chi connectivity index (χ0n) is 22.5. The smallest absolute Gasteiger partial charge is 0.267 e. The predicted octanol–water partition coefficient (Wildman–Crippen LogP) is 2.94. The molecule has 3 N–H and O–H groups in total. The first kappa shape index (κ1) is 25.5. The largest absolute Gasteiger partial charge is 0.381 e. The molecule has 0 fully saturated rings. The van der Waals surface area contributed by atoms with Crippen molar-refractivity contribution in [2.45, 2.75) is 19.9 Å². The van der Waals surface area contributed by atoms with Crippen molar-refractivity contribution in [1.82, 2.24) is 39.2 Å². The number of nitrogens with two attached hydrogens (primary N) is 1. The van der Waals surface area contributed by atoms with Crippen LogP contribution in [0.1, 0.15) is 45.8 Å². The lowest BCUT2D eigenvalue weighted by Gasteiger charge is -2.21. The average Bonchev–Trinajstić information content (AvgIpc) is 3.53. The molecule has 202 valence electrons. The second kappa shape index (κ2) is 10.1. The van der Waals surface area contributed by atoms with Gasteiger partial charge in [0.25, 0.3) is 11.5 Å². The van der Waals surface area contributed by atoms with Crippen LogP contribution in [0, 0.1) is 18.8 Å². The van der Waals surface area contributed by atoms with Gasteiger partial charge in [0.05, 0.1) is 34.4 Å². The van der Waals surface area contributed by atoms with E-state index in [0.29, 0.717) is 33.6 Å². The lowest BCUT2D eigenvalue weighted by molar-refractivity contribution is 0.0940. The Bertz CT molecular complexity index is 2090. The van der Waals surface area contributed by atoms with Crippen LogP contribution in [0.4, 0.5) is 5.82 Å². The molecule has 0 unspecified atom stereocenters. The number of rotatable bonds is 4. The van der Waals surface area contributed by atoms with Gasteiger partial charge in [-0.1, -0.05) is 36.1 Å². The molecule has 4 aromatic heterocycles. The molecule has 0 saturated carbocycles. The van der Waals surface area contributed by atoms with E-state index in [0.717, 1.165) is 11.1 Å². The molecule has 0 aliphatic heterocycles. The van der Waals surface area contributed by atoms with Crippen molar-refractivity contribution in [1.29, 1.82) is 0 Å². The topological polar surface area (TPSA) is 138 Å². The number of fused-ring (bicyclic) bond motifs is 2. The quantitative estimate of drug-likeness (QED) is 0.326. The summed E-state index contributed by atoms with van der Waals surface area (Å²) in [5.74, 6) is 6.12. The Morgan fingerprint density at radius 1 is 1.10 bits per heavy atom. The summed E-state index contributed by atoms with van der Waals surface area (Å²) in [7, 11) is 1.82. The number of aromatic nitrogens is 7. The molecule has 6 aromatic rings. The Kier molecular flexibility index (Phi) is 6.28. The van der Waals surface area contributed by atoms with E-state index in [2.05, 4.69) is 32.3 Å². The molecule has 0 spiro atoms.